The summed E-state index contributed by atoms with van der Waals surface area (Å²) < 4.78 is 13.4. The molecule has 1 amide bonds. The highest BCUT2D eigenvalue weighted by Crippen LogP contribution is 2.22. The van der Waals surface area contributed by atoms with Gasteiger partial charge in [-0.1, -0.05) is 59.6 Å². The van der Waals surface area contributed by atoms with Gasteiger partial charge in [0.15, 0.2) is 0 Å². The molecule has 0 radical (unpaired) electrons. The van der Waals surface area contributed by atoms with Crippen LogP contribution in [0.15, 0.2) is 78.2 Å². The Hall–Kier alpha value is -3.26. The van der Waals surface area contributed by atoms with Crippen molar-refractivity contribution in [3.63, 3.8) is 0 Å². The van der Waals surface area contributed by atoms with Crippen molar-refractivity contribution in [1.29, 1.82) is 0 Å². The van der Waals surface area contributed by atoms with Crippen molar-refractivity contribution < 1.29 is 9.18 Å². The van der Waals surface area contributed by atoms with E-state index in [0.717, 1.165) is 35.9 Å². The number of nitrogens with zero attached hydrogens (tertiary/aromatic N) is 4. The highest BCUT2D eigenvalue weighted by Gasteiger charge is 2.24. The fraction of sp³-hybridized carbons (Fsp3) is 0.267. The van der Waals surface area contributed by atoms with E-state index in [-0.39, 0.29) is 11.7 Å². The zero-order chi connectivity index (χ0) is 26.5. The molecule has 8 heteroatoms. The molecule has 0 spiro atoms. The fourth-order valence-corrected chi connectivity index (χ4v) is 5.64. The van der Waals surface area contributed by atoms with Gasteiger partial charge in [0.05, 0.1) is 6.54 Å². The first-order chi connectivity index (χ1) is 18.4. The number of anilines is 1. The van der Waals surface area contributed by atoms with Crippen LogP contribution in [0.25, 0.3) is 0 Å². The molecule has 0 saturated carbocycles. The van der Waals surface area contributed by atoms with Crippen LogP contribution in [-0.2, 0) is 19.6 Å². The van der Waals surface area contributed by atoms with Gasteiger partial charge in [-0.25, -0.2) is 9.37 Å². The largest absolute Gasteiger partial charge is 0.368 e. The molecule has 5 nitrogen and oxygen atoms in total. The Morgan fingerprint density at radius 2 is 1.61 bits per heavy atom. The van der Waals surface area contributed by atoms with Gasteiger partial charge in [0.2, 0.25) is 0 Å². The highest BCUT2D eigenvalue weighted by molar-refractivity contribution is 7.09. The SMILES string of the molecule is Cc1ccc(CN(Cc2ccc(F)cc2)Cc2nc(C(=O)N3CCN(c4cccc(Cl)c4)CC3)cs2)cc1. The van der Waals surface area contributed by atoms with Gasteiger partial charge >= 0.3 is 0 Å². The first-order valence-electron chi connectivity index (χ1n) is 12.7. The van der Waals surface area contributed by atoms with Gasteiger partial charge < -0.3 is 9.80 Å². The first kappa shape index (κ1) is 26.4. The van der Waals surface area contributed by atoms with E-state index >= 15 is 0 Å². The van der Waals surface area contributed by atoms with Crippen molar-refractivity contribution in [3.05, 3.63) is 116 Å². The quantitative estimate of drug-likeness (QED) is 0.255. The second kappa shape index (κ2) is 12.1. The number of aryl methyl sites for hydroxylation is 1. The minimum absolute atomic E-state index is 0.0261. The predicted molar refractivity (Wildman–Crippen MR) is 152 cm³/mol. The molecule has 0 bridgehead atoms. The molecular formula is C30H30ClFN4OS. The summed E-state index contributed by atoms with van der Waals surface area (Å²) in [5.74, 6) is -0.267. The smallest absolute Gasteiger partial charge is 0.273 e. The molecule has 0 aliphatic carbocycles. The zero-order valence-electron chi connectivity index (χ0n) is 21.3. The number of aromatic nitrogens is 1. The number of thiazole rings is 1. The van der Waals surface area contributed by atoms with Crippen LogP contribution in [0, 0.1) is 12.7 Å². The van der Waals surface area contributed by atoms with Gasteiger partial charge in [0.1, 0.15) is 16.5 Å². The van der Waals surface area contributed by atoms with Crippen molar-refractivity contribution in [2.75, 3.05) is 31.1 Å². The van der Waals surface area contributed by atoms with E-state index in [1.54, 1.807) is 0 Å². The predicted octanol–water partition coefficient (Wildman–Crippen LogP) is 6.41. The number of halogens is 2. The van der Waals surface area contributed by atoms with Crippen LogP contribution < -0.4 is 4.90 Å². The molecule has 3 aromatic carbocycles. The van der Waals surface area contributed by atoms with E-state index in [1.165, 1.54) is 34.6 Å². The summed E-state index contributed by atoms with van der Waals surface area (Å²) >= 11 is 7.66. The van der Waals surface area contributed by atoms with Crippen molar-refractivity contribution in [2.45, 2.75) is 26.6 Å². The van der Waals surface area contributed by atoms with Gasteiger partial charge in [0.25, 0.3) is 5.91 Å². The van der Waals surface area contributed by atoms with E-state index in [4.69, 9.17) is 16.6 Å². The van der Waals surface area contributed by atoms with Gasteiger partial charge in [-0.15, -0.1) is 11.3 Å². The Balaban J connectivity index is 1.23. The molecule has 1 fully saturated rings. The molecule has 2 heterocycles. The Bertz CT molecular complexity index is 1320. The van der Waals surface area contributed by atoms with Crippen LogP contribution >= 0.6 is 22.9 Å². The number of carbonyl (C=O) groups excluding carboxylic acids is 1. The third kappa shape index (κ3) is 6.78. The second-order valence-electron chi connectivity index (χ2n) is 9.64. The van der Waals surface area contributed by atoms with Gasteiger partial charge in [-0.05, 0) is 48.4 Å². The van der Waals surface area contributed by atoms with Crippen LogP contribution in [0.2, 0.25) is 5.02 Å². The van der Waals surface area contributed by atoms with Crippen LogP contribution in [0.3, 0.4) is 0 Å². The van der Waals surface area contributed by atoms with Gasteiger partial charge in [-0.3, -0.25) is 9.69 Å². The van der Waals surface area contributed by atoms with Crippen LogP contribution in [-0.4, -0.2) is 46.9 Å². The monoisotopic (exact) mass is 548 g/mol. The Labute approximate surface area is 232 Å². The minimum Gasteiger partial charge on any atom is -0.368 e. The summed E-state index contributed by atoms with van der Waals surface area (Å²) in [6, 6.07) is 22.9. The minimum atomic E-state index is -0.240. The zero-order valence-corrected chi connectivity index (χ0v) is 22.9. The molecule has 0 atom stereocenters. The molecule has 1 aromatic heterocycles. The number of rotatable bonds is 8. The Kier molecular flexibility index (Phi) is 8.37. The van der Waals surface area contributed by atoms with E-state index in [0.29, 0.717) is 36.9 Å². The molecule has 1 aliphatic heterocycles. The van der Waals surface area contributed by atoms with Crippen LogP contribution in [0.4, 0.5) is 10.1 Å². The first-order valence-corrected chi connectivity index (χ1v) is 14.0. The molecule has 4 aromatic rings. The summed E-state index contributed by atoms with van der Waals surface area (Å²) in [5, 5.41) is 3.47. The van der Waals surface area contributed by atoms with E-state index < -0.39 is 0 Å². The summed E-state index contributed by atoms with van der Waals surface area (Å²) in [6.07, 6.45) is 0. The maximum absolute atomic E-state index is 13.4. The Morgan fingerprint density at radius 1 is 0.947 bits per heavy atom. The molecule has 0 N–H and O–H groups in total. The number of hydrogen-bond donors (Lipinski definition) is 0. The van der Waals surface area contributed by atoms with E-state index in [1.807, 2.05) is 46.7 Å². The van der Waals surface area contributed by atoms with Gasteiger partial charge in [0, 0.05) is 55.4 Å². The topological polar surface area (TPSA) is 39.7 Å². The van der Waals surface area contributed by atoms with Crippen LogP contribution in [0.1, 0.15) is 32.2 Å². The molecule has 1 aliphatic rings. The maximum atomic E-state index is 13.4. The van der Waals surface area contributed by atoms with Crippen molar-refractivity contribution >= 4 is 34.5 Å². The lowest BCUT2D eigenvalue weighted by Crippen LogP contribution is -2.48. The maximum Gasteiger partial charge on any atom is 0.273 e. The highest BCUT2D eigenvalue weighted by atomic mass is 35.5. The number of benzene rings is 3. The molecule has 38 heavy (non-hydrogen) atoms. The third-order valence-corrected chi connectivity index (χ3v) is 7.78. The molecule has 196 valence electrons. The molecule has 0 unspecified atom stereocenters. The van der Waals surface area contributed by atoms with E-state index in [2.05, 4.69) is 41.0 Å². The van der Waals surface area contributed by atoms with Crippen molar-refractivity contribution in [1.82, 2.24) is 14.8 Å². The summed E-state index contributed by atoms with van der Waals surface area (Å²) in [4.78, 5) is 24.3. The fourth-order valence-electron chi connectivity index (χ4n) is 4.64. The molecule has 5 rings (SSSR count). The standard InChI is InChI=1S/C30H30ClFN4OS/c1-22-5-7-23(8-6-22)18-34(19-24-9-11-26(32)12-10-24)20-29-33-28(21-38-29)30(37)36-15-13-35(14-16-36)27-4-2-3-25(31)17-27/h2-12,17,21H,13-16,18-20H2,1H3. The van der Waals surface area contributed by atoms with Gasteiger partial charge in [-0.2, -0.15) is 0 Å². The normalized spacial score (nSPS) is 13.8. The Morgan fingerprint density at radius 3 is 2.26 bits per heavy atom. The lowest BCUT2D eigenvalue weighted by Gasteiger charge is -2.35. The van der Waals surface area contributed by atoms with Crippen molar-refractivity contribution in [3.8, 4) is 0 Å². The average Bonchev–Trinajstić information content (AvgIpc) is 3.39. The molecule has 1 saturated heterocycles. The number of piperazine rings is 1. The number of amides is 1. The van der Waals surface area contributed by atoms with E-state index in [9.17, 15) is 9.18 Å². The van der Waals surface area contributed by atoms with Crippen molar-refractivity contribution in [2.24, 2.45) is 0 Å². The lowest BCUT2D eigenvalue weighted by molar-refractivity contribution is 0.0741. The third-order valence-electron chi connectivity index (χ3n) is 6.72. The summed E-state index contributed by atoms with van der Waals surface area (Å²) in [5.41, 5.74) is 5.02. The average molecular weight is 549 g/mol. The second-order valence-corrected chi connectivity index (χ2v) is 11.0. The van der Waals surface area contributed by atoms with Crippen LogP contribution in [0.5, 0.6) is 0 Å². The summed E-state index contributed by atoms with van der Waals surface area (Å²) in [7, 11) is 0. The number of hydrogen-bond acceptors (Lipinski definition) is 5. The summed E-state index contributed by atoms with van der Waals surface area (Å²) in [6.45, 7) is 6.85. The number of carbonyl (C=O) groups is 1. The lowest BCUT2D eigenvalue weighted by atomic mass is 10.1. The molecular weight excluding hydrogens is 519 g/mol.